The number of nitrogens with zero attached hydrogens (tertiary/aromatic N) is 1. The third-order valence-corrected chi connectivity index (χ3v) is 3.45. The van der Waals surface area contributed by atoms with Gasteiger partial charge in [0.15, 0.2) is 0 Å². The molecule has 3 nitrogen and oxygen atoms in total. The molecule has 2 N–H and O–H groups in total. The van der Waals surface area contributed by atoms with Crippen LogP contribution >= 0.6 is 11.6 Å². The van der Waals surface area contributed by atoms with Crippen LogP contribution in [0.4, 0.5) is 0 Å². The predicted molar refractivity (Wildman–Crippen MR) is 68.9 cm³/mol. The van der Waals surface area contributed by atoms with Gasteiger partial charge in [-0.1, -0.05) is 23.7 Å². The lowest BCUT2D eigenvalue weighted by atomic mass is 10.1. The molecule has 17 heavy (non-hydrogen) atoms. The Morgan fingerprint density at radius 3 is 3.06 bits per heavy atom. The maximum absolute atomic E-state index is 12.1. The Kier molecular flexibility index (Phi) is 4.02. The topological polar surface area (TPSA) is 46.3 Å². The Hall–Kier alpha value is -1.06. The molecular formula is C13H17ClN2O. The molecule has 1 amide bonds. The molecule has 0 aliphatic carbocycles. The van der Waals surface area contributed by atoms with Crippen molar-refractivity contribution in [3.05, 3.63) is 34.9 Å². The SMILES string of the molecule is NC[C@@H]1CCCN1C(=O)Cc1cccc(Cl)c1. The number of likely N-dealkylation sites (tertiary alicyclic amines) is 1. The maximum atomic E-state index is 12.1. The molecule has 1 aliphatic rings. The molecule has 2 rings (SSSR count). The Morgan fingerprint density at radius 2 is 2.35 bits per heavy atom. The molecule has 0 aromatic heterocycles. The van der Waals surface area contributed by atoms with Crippen molar-refractivity contribution in [2.45, 2.75) is 25.3 Å². The quantitative estimate of drug-likeness (QED) is 0.892. The minimum atomic E-state index is 0.153. The summed E-state index contributed by atoms with van der Waals surface area (Å²) in [5.74, 6) is 0.153. The van der Waals surface area contributed by atoms with Gasteiger partial charge < -0.3 is 10.6 Å². The fourth-order valence-corrected chi connectivity index (χ4v) is 2.55. The lowest BCUT2D eigenvalue weighted by Gasteiger charge is -2.23. The molecule has 0 saturated carbocycles. The molecule has 1 aromatic carbocycles. The van der Waals surface area contributed by atoms with E-state index in [4.69, 9.17) is 17.3 Å². The van der Waals surface area contributed by atoms with Crippen molar-refractivity contribution in [1.82, 2.24) is 4.90 Å². The molecule has 0 unspecified atom stereocenters. The molecule has 92 valence electrons. The summed E-state index contributed by atoms with van der Waals surface area (Å²) >= 11 is 5.90. The number of amides is 1. The Bertz CT molecular complexity index is 408. The first-order valence-corrected chi connectivity index (χ1v) is 6.32. The van der Waals surface area contributed by atoms with E-state index in [0.717, 1.165) is 24.9 Å². The smallest absolute Gasteiger partial charge is 0.227 e. The molecule has 0 radical (unpaired) electrons. The van der Waals surface area contributed by atoms with E-state index in [1.807, 2.05) is 29.2 Å². The number of hydrogen-bond donors (Lipinski definition) is 1. The van der Waals surface area contributed by atoms with Gasteiger partial charge in [0.2, 0.25) is 5.91 Å². The molecule has 0 spiro atoms. The van der Waals surface area contributed by atoms with Crippen LogP contribution in [0, 0.1) is 0 Å². The second kappa shape index (κ2) is 5.52. The second-order valence-corrected chi connectivity index (χ2v) is 4.86. The monoisotopic (exact) mass is 252 g/mol. The Labute approximate surface area is 107 Å². The first kappa shape index (κ1) is 12.4. The zero-order chi connectivity index (χ0) is 12.3. The molecule has 0 bridgehead atoms. The van der Waals surface area contributed by atoms with Gasteiger partial charge in [0.05, 0.1) is 6.42 Å². The van der Waals surface area contributed by atoms with Crippen LogP contribution in [0.5, 0.6) is 0 Å². The van der Waals surface area contributed by atoms with Crippen LogP contribution in [0.2, 0.25) is 5.02 Å². The van der Waals surface area contributed by atoms with Crippen LogP contribution in [0.1, 0.15) is 18.4 Å². The standard InChI is InChI=1S/C13H17ClN2O/c14-11-4-1-3-10(7-11)8-13(17)16-6-2-5-12(16)9-15/h1,3-4,7,12H,2,5-6,8-9,15H2/t12-/m0/s1. The highest BCUT2D eigenvalue weighted by atomic mass is 35.5. The highest BCUT2D eigenvalue weighted by Crippen LogP contribution is 2.18. The molecule has 1 fully saturated rings. The second-order valence-electron chi connectivity index (χ2n) is 4.43. The van der Waals surface area contributed by atoms with E-state index in [-0.39, 0.29) is 11.9 Å². The van der Waals surface area contributed by atoms with E-state index >= 15 is 0 Å². The van der Waals surface area contributed by atoms with Crippen molar-refractivity contribution in [2.24, 2.45) is 5.73 Å². The molecule has 1 heterocycles. The summed E-state index contributed by atoms with van der Waals surface area (Å²) in [6, 6.07) is 7.68. The summed E-state index contributed by atoms with van der Waals surface area (Å²) in [6.45, 7) is 1.39. The molecule has 1 aromatic rings. The largest absolute Gasteiger partial charge is 0.338 e. The highest BCUT2D eigenvalue weighted by Gasteiger charge is 2.27. The molecule has 4 heteroatoms. The normalized spacial score (nSPS) is 19.6. The number of nitrogens with two attached hydrogens (primary N) is 1. The summed E-state index contributed by atoms with van der Waals surface area (Å²) in [7, 11) is 0. The number of rotatable bonds is 3. The first-order valence-electron chi connectivity index (χ1n) is 5.94. The molecule has 1 aliphatic heterocycles. The van der Waals surface area contributed by atoms with Gasteiger partial charge in [0.25, 0.3) is 0 Å². The van der Waals surface area contributed by atoms with E-state index in [1.54, 1.807) is 0 Å². The van der Waals surface area contributed by atoms with Crippen LogP contribution in [-0.2, 0) is 11.2 Å². The average Bonchev–Trinajstić information content (AvgIpc) is 2.77. The van der Waals surface area contributed by atoms with Gasteiger partial charge in [-0.15, -0.1) is 0 Å². The highest BCUT2D eigenvalue weighted by molar-refractivity contribution is 6.30. The van der Waals surface area contributed by atoms with Crippen molar-refractivity contribution in [2.75, 3.05) is 13.1 Å². The van der Waals surface area contributed by atoms with E-state index in [2.05, 4.69) is 0 Å². The summed E-state index contributed by atoms with van der Waals surface area (Å²) in [5.41, 5.74) is 6.63. The van der Waals surface area contributed by atoms with Gasteiger partial charge in [0, 0.05) is 24.2 Å². The van der Waals surface area contributed by atoms with Crippen LogP contribution < -0.4 is 5.73 Å². The zero-order valence-electron chi connectivity index (χ0n) is 9.73. The van der Waals surface area contributed by atoms with Crippen LogP contribution in [0.3, 0.4) is 0 Å². The van der Waals surface area contributed by atoms with Gasteiger partial charge in [0.1, 0.15) is 0 Å². The number of carbonyl (C=O) groups excluding carboxylic acids is 1. The van der Waals surface area contributed by atoms with Gasteiger partial charge in [-0.2, -0.15) is 0 Å². The van der Waals surface area contributed by atoms with E-state index in [0.29, 0.717) is 18.0 Å². The minimum Gasteiger partial charge on any atom is -0.338 e. The number of benzene rings is 1. The summed E-state index contributed by atoms with van der Waals surface area (Å²) < 4.78 is 0. The van der Waals surface area contributed by atoms with Crippen LogP contribution in [-0.4, -0.2) is 29.9 Å². The fourth-order valence-electron chi connectivity index (χ4n) is 2.33. The lowest BCUT2D eigenvalue weighted by molar-refractivity contribution is -0.131. The third kappa shape index (κ3) is 2.99. The Balaban J connectivity index is 2.01. The predicted octanol–water partition coefficient (Wildman–Crippen LogP) is 1.83. The number of hydrogen-bond acceptors (Lipinski definition) is 2. The lowest BCUT2D eigenvalue weighted by Crippen LogP contribution is -2.40. The van der Waals surface area contributed by atoms with Gasteiger partial charge >= 0.3 is 0 Å². The zero-order valence-corrected chi connectivity index (χ0v) is 10.5. The van der Waals surface area contributed by atoms with E-state index in [1.165, 1.54) is 0 Å². The minimum absolute atomic E-state index is 0.153. The summed E-state index contributed by atoms with van der Waals surface area (Å²) in [6.07, 6.45) is 2.50. The number of halogens is 1. The molecule has 1 atom stereocenters. The summed E-state index contributed by atoms with van der Waals surface area (Å²) in [4.78, 5) is 14.0. The summed E-state index contributed by atoms with van der Waals surface area (Å²) in [5, 5.41) is 0.673. The van der Waals surface area contributed by atoms with Crippen molar-refractivity contribution in [3.8, 4) is 0 Å². The van der Waals surface area contributed by atoms with Gasteiger partial charge in [-0.25, -0.2) is 0 Å². The van der Waals surface area contributed by atoms with Crippen molar-refractivity contribution in [1.29, 1.82) is 0 Å². The van der Waals surface area contributed by atoms with Crippen molar-refractivity contribution >= 4 is 17.5 Å². The van der Waals surface area contributed by atoms with Gasteiger partial charge in [-0.05, 0) is 30.5 Å². The Morgan fingerprint density at radius 1 is 1.53 bits per heavy atom. The van der Waals surface area contributed by atoms with Crippen molar-refractivity contribution in [3.63, 3.8) is 0 Å². The van der Waals surface area contributed by atoms with E-state index in [9.17, 15) is 4.79 Å². The average molecular weight is 253 g/mol. The van der Waals surface area contributed by atoms with E-state index < -0.39 is 0 Å². The third-order valence-electron chi connectivity index (χ3n) is 3.21. The molecule has 1 saturated heterocycles. The maximum Gasteiger partial charge on any atom is 0.227 e. The van der Waals surface area contributed by atoms with Crippen LogP contribution in [0.25, 0.3) is 0 Å². The molecular weight excluding hydrogens is 236 g/mol. The van der Waals surface area contributed by atoms with Gasteiger partial charge in [-0.3, -0.25) is 4.79 Å². The number of carbonyl (C=O) groups is 1. The first-order chi connectivity index (χ1) is 8.20. The van der Waals surface area contributed by atoms with Crippen LogP contribution in [0.15, 0.2) is 24.3 Å². The van der Waals surface area contributed by atoms with Crippen molar-refractivity contribution < 1.29 is 4.79 Å². The fraction of sp³-hybridized carbons (Fsp3) is 0.462.